The first-order valence-corrected chi connectivity index (χ1v) is 12.0. The van der Waals surface area contributed by atoms with E-state index in [1.54, 1.807) is 31.4 Å². The predicted octanol–water partition coefficient (Wildman–Crippen LogP) is 3.52. The fraction of sp³-hybridized carbons (Fsp3) is 0.263. The minimum Gasteiger partial charge on any atom is -0.496 e. The molecular weight excluding hydrogens is 430 g/mol. The molecule has 3 aromatic rings. The van der Waals surface area contributed by atoms with E-state index in [0.717, 1.165) is 16.1 Å². The highest BCUT2D eigenvalue weighted by Crippen LogP contribution is 2.32. The second-order valence-electron chi connectivity index (χ2n) is 6.54. The highest BCUT2D eigenvalue weighted by molar-refractivity contribution is 7.89. The van der Waals surface area contributed by atoms with Crippen molar-refractivity contribution in [2.75, 3.05) is 19.0 Å². The minimum atomic E-state index is -3.63. The van der Waals surface area contributed by atoms with E-state index in [-0.39, 0.29) is 17.3 Å². The van der Waals surface area contributed by atoms with Gasteiger partial charge in [0.05, 0.1) is 29.1 Å². The van der Waals surface area contributed by atoms with Gasteiger partial charge in [-0.2, -0.15) is 4.31 Å². The lowest BCUT2D eigenvalue weighted by Crippen LogP contribution is -2.35. The van der Waals surface area contributed by atoms with E-state index >= 15 is 0 Å². The number of thiophene rings is 1. The van der Waals surface area contributed by atoms with E-state index in [1.807, 2.05) is 18.4 Å². The van der Waals surface area contributed by atoms with Crippen LogP contribution in [0.3, 0.4) is 0 Å². The summed E-state index contributed by atoms with van der Waals surface area (Å²) in [5.74, 6) is 0.447. The Morgan fingerprint density at radius 2 is 2.14 bits per heavy atom. The highest BCUT2D eigenvalue weighted by Gasteiger charge is 2.31. The molecule has 1 aliphatic heterocycles. The van der Waals surface area contributed by atoms with Gasteiger partial charge in [-0.15, -0.1) is 22.7 Å². The number of thiazole rings is 1. The Kier molecular flexibility index (Phi) is 5.43. The quantitative estimate of drug-likeness (QED) is 0.644. The standard InChI is InChI=1S/C19H19N3O4S3/c1-12-10-13(5-6-15(12)26-2)29(24,25)22-8-7-14-17(11-22)28-19(20-14)21-18(23)16-4-3-9-27-16/h3-6,9-10H,7-8,11H2,1-2H3,(H,20,21,23). The van der Waals surface area contributed by atoms with Crippen LogP contribution >= 0.6 is 22.7 Å². The summed E-state index contributed by atoms with van der Waals surface area (Å²) in [7, 11) is -2.07. The number of methoxy groups -OCH3 is 1. The molecule has 4 rings (SSSR count). The number of nitrogens with one attached hydrogen (secondary N) is 1. The Hall–Kier alpha value is -2.27. The van der Waals surface area contributed by atoms with Crippen molar-refractivity contribution in [2.24, 2.45) is 0 Å². The van der Waals surface area contributed by atoms with Gasteiger partial charge >= 0.3 is 0 Å². The van der Waals surface area contributed by atoms with Gasteiger partial charge in [0.1, 0.15) is 5.75 Å². The molecule has 7 nitrogen and oxygen atoms in total. The molecule has 0 fully saturated rings. The van der Waals surface area contributed by atoms with Gasteiger partial charge in [0.2, 0.25) is 10.0 Å². The largest absolute Gasteiger partial charge is 0.496 e. The molecule has 0 aliphatic carbocycles. The van der Waals surface area contributed by atoms with Crippen molar-refractivity contribution in [3.8, 4) is 5.75 Å². The number of hydrogen-bond acceptors (Lipinski definition) is 7. The first-order chi connectivity index (χ1) is 13.9. The third kappa shape index (κ3) is 3.93. The van der Waals surface area contributed by atoms with E-state index in [1.165, 1.54) is 27.0 Å². The highest BCUT2D eigenvalue weighted by atomic mass is 32.2. The number of carbonyl (C=O) groups is 1. The van der Waals surface area contributed by atoms with Crippen LogP contribution in [0.5, 0.6) is 5.75 Å². The van der Waals surface area contributed by atoms with E-state index in [9.17, 15) is 13.2 Å². The van der Waals surface area contributed by atoms with Crippen LogP contribution in [-0.2, 0) is 23.0 Å². The van der Waals surface area contributed by atoms with Crippen molar-refractivity contribution in [3.05, 3.63) is 56.7 Å². The normalized spacial score (nSPS) is 14.4. The Morgan fingerprint density at radius 3 is 2.83 bits per heavy atom. The summed E-state index contributed by atoms with van der Waals surface area (Å²) in [6.45, 7) is 2.41. The van der Waals surface area contributed by atoms with Crippen LogP contribution in [0.1, 0.15) is 25.8 Å². The van der Waals surface area contributed by atoms with Crippen LogP contribution in [0, 0.1) is 6.92 Å². The average molecular weight is 450 g/mol. The summed E-state index contributed by atoms with van der Waals surface area (Å²) in [4.78, 5) is 18.4. The van der Waals surface area contributed by atoms with Crippen molar-refractivity contribution < 1.29 is 17.9 Å². The summed E-state index contributed by atoms with van der Waals surface area (Å²) in [6.07, 6.45) is 0.509. The molecule has 0 radical (unpaired) electrons. The molecule has 3 heterocycles. The zero-order chi connectivity index (χ0) is 20.6. The number of aromatic nitrogens is 1. The monoisotopic (exact) mass is 449 g/mol. The Morgan fingerprint density at radius 1 is 1.31 bits per heavy atom. The van der Waals surface area contributed by atoms with Crippen LogP contribution in [0.25, 0.3) is 0 Å². The molecule has 1 amide bonds. The van der Waals surface area contributed by atoms with Crippen molar-refractivity contribution in [3.63, 3.8) is 0 Å². The molecule has 0 unspecified atom stereocenters. The number of carbonyl (C=O) groups excluding carboxylic acids is 1. The molecule has 2 aromatic heterocycles. The maximum atomic E-state index is 13.1. The molecule has 0 spiro atoms. The van der Waals surface area contributed by atoms with Crippen molar-refractivity contribution >= 4 is 43.7 Å². The number of nitrogens with zero attached hydrogens (tertiary/aromatic N) is 2. The van der Waals surface area contributed by atoms with Crippen LogP contribution in [0.15, 0.2) is 40.6 Å². The molecule has 0 saturated carbocycles. The Bertz CT molecular complexity index is 1150. The molecule has 29 heavy (non-hydrogen) atoms. The van der Waals surface area contributed by atoms with Crippen LogP contribution in [0.2, 0.25) is 0 Å². The number of aryl methyl sites for hydroxylation is 1. The summed E-state index contributed by atoms with van der Waals surface area (Å²) in [5, 5.41) is 5.14. The smallest absolute Gasteiger partial charge is 0.267 e. The van der Waals surface area contributed by atoms with Crippen LogP contribution in [0.4, 0.5) is 5.13 Å². The zero-order valence-electron chi connectivity index (χ0n) is 15.8. The van der Waals surface area contributed by atoms with Crippen LogP contribution < -0.4 is 10.1 Å². The summed E-state index contributed by atoms with van der Waals surface area (Å²) >= 11 is 2.68. The minimum absolute atomic E-state index is 0.204. The van der Waals surface area contributed by atoms with Gasteiger partial charge in [0.15, 0.2) is 5.13 Å². The van der Waals surface area contributed by atoms with Gasteiger partial charge in [-0.25, -0.2) is 13.4 Å². The van der Waals surface area contributed by atoms with Crippen molar-refractivity contribution in [1.29, 1.82) is 0 Å². The topological polar surface area (TPSA) is 88.6 Å². The van der Waals surface area contributed by atoms with Crippen LogP contribution in [-0.4, -0.2) is 37.3 Å². The fourth-order valence-corrected chi connectivity index (χ4v) is 6.37. The first kappa shape index (κ1) is 20.0. The number of hydrogen-bond donors (Lipinski definition) is 1. The number of sulfonamides is 1. The van der Waals surface area contributed by atoms with Gasteiger partial charge in [-0.1, -0.05) is 6.07 Å². The van der Waals surface area contributed by atoms with Crippen molar-refractivity contribution in [2.45, 2.75) is 24.8 Å². The van der Waals surface area contributed by atoms with Gasteiger partial charge in [0, 0.05) is 17.8 Å². The van der Waals surface area contributed by atoms with Gasteiger partial charge in [-0.3, -0.25) is 10.1 Å². The van der Waals surface area contributed by atoms with E-state index in [2.05, 4.69) is 10.3 Å². The lowest BCUT2D eigenvalue weighted by Gasteiger charge is -2.25. The Labute approximate surface area is 177 Å². The molecule has 10 heteroatoms. The molecule has 152 valence electrons. The maximum absolute atomic E-state index is 13.1. The molecule has 0 bridgehead atoms. The molecule has 1 aliphatic rings. The lowest BCUT2D eigenvalue weighted by molar-refractivity contribution is 0.103. The number of anilines is 1. The third-order valence-corrected chi connectivity index (χ3v) is 8.37. The molecule has 1 N–H and O–H groups in total. The number of amides is 1. The Balaban J connectivity index is 1.53. The molecule has 0 saturated heterocycles. The number of benzene rings is 1. The molecular formula is C19H19N3O4S3. The molecule has 1 aromatic carbocycles. The number of ether oxygens (including phenoxy) is 1. The third-order valence-electron chi connectivity index (χ3n) is 4.67. The number of rotatable bonds is 5. The van der Waals surface area contributed by atoms with E-state index < -0.39 is 10.0 Å². The van der Waals surface area contributed by atoms with Gasteiger partial charge in [0.25, 0.3) is 5.91 Å². The first-order valence-electron chi connectivity index (χ1n) is 8.86. The van der Waals surface area contributed by atoms with Crippen molar-refractivity contribution in [1.82, 2.24) is 9.29 Å². The maximum Gasteiger partial charge on any atom is 0.267 e. The summed E-state index contributed by atoms with van der Waals surface area (Å²) in [5.41, 5.74) is 1.61. The summed E-state index contributed by atoms with van der Waals surface area (Å²) in [6, 6.07) is 8.43. The predicted molar refractivity (Wildman–Crippen MR) is 113 cm³/mol. The van der Waals surface area contributed by atoms with Gasteiger partial charge in [-0.05, 0) is 42.1 Å². The SMILES string of the molecule is COc1ccc(S(=O)(=O)N2CCc3nc(NC(=O)c4cccs4)sc3C2)cc1C. The van der Waals surface area contributed by atoms with Gasteiger partial charge < -0.3 is 4.74 Å². The zero-order valence-corrected chi connectivity index (χ0v) is 18.3. The molecule has 0 atom stereocenters. The van der Waals surface area contributed by atoms with E-state index in [4.69, 9.17) is 4.74 Å². The fourth-order valence-electron chi connectivity index (χ4n) is 3.16. The summed E-state index contributed by atoms with van der Waals surface area (Å²) < 4.78 is 32.9. The number of fused-ring (bicyclic) bond motifs is 1. The second kappa shape index (κ2) is 7.86. The second-order valence-corrected chi connectivity index (χ2v) is 10.5. The average Bonchev–Trinajstić information content (AvgIpc) is 3.36. The lowest BCUT2D eigenvalue weighted by atomic mass is 10.2. The van der Waals surface area contributed by atoms with E-state index in [0.29, 0.717) is 28.7 Å².